The topological polar surface area (TPSA) is 127 Å². The largest absolute Gasteiger partial charge is 0.368 e. The maximum Gasteiger partial charge on any atom is 0.237 e. The number of amides is 2. The first kappa shape index (κ1) is 15.7. The summed E-state index contributed by atoms with van der Waals surface area (Å²) in [5.41, 5.74) is 11.1. The second-order valence-electron chi connectivity index (χ2n) is 4.41. The van der Waals surface area contributed by atoms with E-state index in [0.717, 1.165) is 13.0 Å². The van der Waals surface area contributed by atoms with Gasteiger partial charge in [-0.25, -0.2) is 4.98 Å². The van der Waals surface area contributed by atoms with Gasteiger partial charge in [-0.1, -0.05) is 6.92 Å². The summed E-state index contributed by atoms with van der Waals surface area (Å²) >= 11 is 0. The molecule has 0 spiro atoms. The van der Waals surface area contributed by atoms with Gasteiger partial charge >= 0.3 is 0 Å². The Balaban J connectivity index is 3.01. The van der Waals surface area contributed by atoms with Crippen molar-refractivity contribution in [1.29, 1.82) is 0 Å². The van der Waals surface area contributed by atoms with Crippen LogP contribution in [0.1, 0.15) is 19.0 Å². The van der Waals surface area contributed by atoms with Gasteiger partial charge in [-0.05, 0) is 13.3 Å². The summed E-state index contributed by atoms with van der Waals surface area (Å²) in [6.45, 7) is 4.29. The lowest BCUT2D eigenvalue weighted by atomic mass is 10.3. The van der Waals surface area contributed by atoms with Crippen LogP contribution in [0.25, 0.3) is 0 Å². The number of carbonyl (C=O) groups excluding carboxylic acids is 2. The molecule has 0 saturated heterocycles. The van der Waals surface area contributed by atoms with E-state index in [1.807, 2.05) is 6.92 Å². The minimum absolute atomic E-state index is 0.132. The summed E-state index contributed by atoms with van der Waals surface area (Å²) in [5.74, 6) is -0.245. The molecule has 0 unspecified atom stereocenters. The molecule has 0 fully saturated rings. The maximum absolute atomic E-state index is 11.1. The fraction of sp³-hybridized carbons (Fsp3) is 0.500. The number of aryl methyl sites for hydroxylation is 1. The van der Waals surface area contributed by atoms with Crippen LogP contribution in [0.4, 0.5) is 11.8 Å². The van der Waals surface area contributed by atoms with Crippen LogP contribution in [-0.2, 0) is 9.59 Å². The lowest BCUT2D eigenvalue weighted by Gasteiger charge is -2.21. The van der Waals surface area contributed by atoms with Crippen molar-refractivity contribution in [2.45, 2.75) is 20.3 Å². The van der Waals surface area contributed by atoms with Gasteiger partial charge in [0, 0.05) is 18.3 Å². The zero-order valence-electron chi connectivity index (χ0n) is 11.7. The number of aromatic nitrogens is 2. The first-order valence-electron chi connectivity index (χ1n) is 6.33. The van der Waals surface area contributed by atoms with E-state index in [1.165, 1.54) is 4.90 Å². The third-order valence-corrected chi connectivity index (χ3v) is 2.39. The molecule has 1 heterocycles. The van der Waals surface area contributed by atoms with Gasteiger partial charge in [-0.2, -0.15) is 4.98 Å². The van der Waals surface area contributed by atoms with Crippen molar-refractivity contribution >= 4 is 23.6 Å². The van der Waals surface area contributed by atoms with Crippen LogP contribution in [0.2, 0.25) is 0 Å². The summed E-state index contributed by atoms with van der Waals surface area (Å²) in [4.78, 5) is 32.1. The Morgan fingerprint density at radius 2 is 1.85 bits per heavy atom. The van der Waals surface area contributed by atoms with Crippen molar-refractivity contribution < 1.29 is 9.59 Å². The maximum atomic E-state index is 11.1. The van der Waals surface area contributed by atoms with Gasteiger partial charge < -0.3 is 21.7 Å². The molecule has 0 bridgehead atoms. The van der Waals surface area contributed by atoms with Crippen LogP contribution < -0.4 is 21.7 Å². The summed E-state index contributed by atoms with van der Waals surface area (Å²) in [7, 11) is 0. The molecule has 110 valence electrons. The number of nitrogens with zero attached hydrogens (tertiary/aromatic N) is 3. The Hall–Kier alpha value is -2.38. The quantitative estimate of drug-likeness (QED) is 0.582. The highest BCUT2D eigenvalue weighted by molar-refractivity contribution is 5.84. The Labute approximate surface area is 117 Å². The molecule has 0 radical (unpaired) electrons. The van der Waals surface area contributed by atoms with Crippen LogP contribution in [-0.4, -0.2) is 41.4 Å². The molecule has 1 rings (SSSR count). The predicted octanol–water partition coefficient (Wildman–Crippen LogP) is -0.616. The molecular weight excluding hydrogens is 260 g/mol. The Morgan fingerprint density at radius 3 is 2.35 bits per heavy atom. The average Bonchev–Trinajstić information content (AvgIpc) is 2.33. The first-order chi connectivity index (χ1) is 9.42. The first-order valence-corrected chi connectivity index (χ1v) is 6.33. The molecule has 20 heavy (non-hydrogen) atoms. The molecule has 2 amide bonds. The molecule has 0 aliphatic carbocycles. The van der Waals surface area contributed by atoms with E-state index in [4.69, 9.17) is 11.5 Å². The van der Waals surface area contributed by atoms with E-state index in [1.54, 1.807) is 13.0 Å². The number of hydrogen-bond donors (Lipinski definition) is 3. The molecule has 0 aliphatic rings. The van der Waals surface area contributed by atoms with E-state index >= 15 is 0 Å². The van der Waals surface area contributed by atoms with Gasteiger partial charge in [0.25, 0.3) is 0 Å². The molecular formula is C12H20N6O2. The lowest BCUT2D eigenvalue weighted by Crippen LogP contribution is -2.40. The van der Waals surface area contributed by atoms with E-state index in [0.29, 0.717) is 17.5 Å². The Morgan fingerprint density at radius 1 is 1.25 bits per heavy atom. The molecule has 0 atom stereocenters. The second kappa shape index (κ2) is 7.27. The van der Waals surface area contributed by atoms with Crippen molar-refractivity contribution in [3.05, 3.63) is 11.8 Å². The minimum Gasteiger partial charge on any atom is -0.368 e. The van der Waals surface area contributed by atoms with E-state index < -0.39 is 11.8 Å². The standard InChI is InChI=1S/C12H20N6O2/c1-3-4-15-12-16-8(2)5-11(17-12)18(6-9(13)19)7-10(14)20/h5H,3-4,6-7H2,1-2H3,(H2,13,19)(H2,14,20)(H,15,16,17). The van der Waals surface area contributed by atoms with Crippen molar-refractivity contribution in [3.8, 4) is 0 Å². The normalized spacial score (nSPS) is 10.1. The predicted molar refractivity (Wildman–Crippen MR) is 76.2 cm³/mol. The third kappa shape index (κ3) is 5.09. The Bertz CT molecular complexity index is 475. The molecule has 8 heteroatoms. The number of nitrogens with one attached hydrogen (secondary N) is 1. The second-order valence-corrected chi connectivity index (χ2v) is 4.41. The Kier molecular flexibility index (Phi) is 5.70. The molecule has 1 aromatic heterocycles. The van der Waals surface area contributed by atoms with Gasteiger partial charge in [-0.15, -0.1) is 0 Å². The zero-order valence-corrected chi connectivity index (χ0v) is 11.7. The fourth-order valence-electron chi connectivity index (χ4n) is 1.62. The lowest BCUT2D eigenvalue weighted by molar-refractivity contribution is -0.117. The monoisotopic (exact) mass is 280 g/mol. The number of primary amides is 2. The third-order valence-electron chi connectivity index (χ3n) is 2.39. The van der Waals surface area contributed by atoms with E-state index in [-0.39, 0.29) is 13.1 Å². The van der Waals surface area contributed by atoms with E-state index in [2.05, 4.69) is 15.3 Å². The van der Waals surface area contributed by atoms with Crippen molar-refractivity contribution in [2.24, 2.45) is 11.5 Å². The summed E-state index contributed by atoms with van der Waals surface area (Å²) in [5, 5.41) is 3.06. The van der Waals surface area contributed by atoms with Gasteiger partial charge in [0.05, 0.1) is 13.1 Å². The highest BCUT2D eigenvalue weighted by Crippen LogP contribution is 2.14. The number of anilines is 2. The summed E-state index contributed by atoms with van der Waals surface area (Å²) in [6, 6.07) is 1.67. The SMILES string of the molecule is CCCNc1nc(C)cc(N(CC(N)=O)CC(N)=O)n1. The van der Waals surface area contributed by atoms with Crippen LogP contribution in [0, 0.1) is 6.92 Å². The van der Waals surface area contributed by atoms with Gasteiger partial charge in [0.1, 0.15) is 5.82 Å². The van der Waals surface area contributed by atoms with Crippen molar-refractivity contribution in [2.75, 3.05) is 29.9 Å². The van der Waals surface area contributed by atoms with Crippen LogP contribution in [0.15, 0.2) is 6.07 Å². The van der Waals surface area contributed by atoms with Gasteiger partial charge in [0.2, 0.25) is 17.8 Å². The smallest absolute Gasteiger partial charge is 0.237 e. The van der Waals surface area contributed by atoms with E-state index in [9.17, 15) is 9.59 Å². The van der Waals surface area contributed by atoms with Crippen LogP contribution in [0.3, 0.4) is 0 Å². The van der Waals surface area contributed by atoms with Crippen LogP contribution >= 0.6 is 0 Å². The molecule has 5 N–H and O–H groups in total. The number of carbonyl (C=O) groups is 2. The van der Waals surface area contributed by atoms with Crippen molar-refractivity contribution in [1.82, 2.24) is 9.97 Å². The summed E-state index contributed by atoms with van der Waals surface area (Å²) < 4.78 is 0. The molecule has 8 nitrogen and oxygen atoms in total. The summed E-state index contributed by atoms with van der Waals surface area (Å²) in [6.07, 6.45) is 0.929. The highest BCUT2D eigenvalue weighted by Gasteiger charge is 2.15. The fourth-order valence-corrected chi connectivity index (χ4v) is 1.62. The molecule has 0 aromatic carbocycles. The zero-order chi connectivity index (χ0) is 15.1. The highest BCUT2D eigenvalue weighted by atomic mass is 16.2. The minimum atomic E-state index is -0.564. The van der Waals surface area contributed by atoms with Crippen LogP contribution in [0.5, 0.6) is 0 Å². The molecule has 0 aliphatic heterocycles. The molecule has 1 aromatic rings. The number of rotatable bonds is 8. The average molecular weight is 280 g/mol. The number of nitrogens with two attached hydrogens (primary N) is 2. The molecule has 0 saturated carbocycles. The van der Waals surface area contributed by atoms with Gasteiger partial charge in [0.15, 0.2) is 0 Å². The van der Waals surface area contributed by atoms with Gasteiger partial charge in [-0.3, -0.25) is 9.59 Å². The van der Waals surface area contributed by atoms with Crippen molar-refractivity contribution in [3.63, 3.8) is 0 Å². The number of hydrogen-bond acceptors (Lipinski definition) is 6.